The molecular weight excluding hydrogens is 192 g/mol. The molecular formula is C8H17ClN2O2. The minimum atomic E-state index is -0.460. The van der Waals surface area contributed by atoms with Crippen LogP contribution in [-0.2, 0) is 4.74 Å². The summed E-state index contributed by atoms with van der Waals surface area (Å²) in [4.78, 5) is 0. The zero-order valence-electron chi connectivity index (χ0n) is 8.06. The Bertz CT molecular complexity index is 175. The van der Waals surface area contributed by atoms with Crippen molar-refractivity contribution in [3.63, 3.8) is 0 Å². The van der Waals surface area contributed by atoms with E-state index >= 15 is 0 Å². The van der Waals surface area contributed by atoms with E-state index in [1.54, 1.807) is 7.11 Å². The zero-order chi connectivity index (χ0) is 8.77. The van der Waals surface area contributed by atoms with E-state index in [2.05, 4.69) is 10.0 Å². The smallest absolute Gasteiger partial charge is 0.0900 e. The molecule has 0 aromatic rings. The number of methoxy groups -OCH3 is 1. The third-order valence-corrected chi connectivity index (χ3v) is 2.61. The number of hydrogen-bond acceptors (Lipinski definition) is 4. The Morgan fingerprint density at radius 1 is 1.31 bits per heavy atom. The van der Waals surface area contributed by atoms with Crippen LogP contribution in [-0.4, -0.2) is 60.1 Å². The minimum Gasteiger partial charge on any atom is -0.387 e. The summed E-state index contributed by atoms with van der Waals surface area (Å²) in [6.45, 7) is 5.36. The molecule has 0 aromatic heterocycles. The highest BCUT2D eigenvalue weighted by molar-refractivity contribution is 5.85. The minimum absolute atomic E-state index is 0. The Balaban J connectivity index is 0.000000845. The monoisotopic (exact) mass is 208 g/mol. The molecule has 0 amide bonds. The summed E-state index contributed by atoms with van der Waals surface area (Å²) in [5.74, 6) is 0. The van der Waals surface area contributed by atoms with Gasteiger partial charge in [-0.05, 0) is 6.92 Å². The summed E-state index contributed by atoms with van der Waals surface area (Å²) in [7, 11) is 1.74. The van der Waals surface area contributed by atoms with Gasteiger partial charge in [0.05, 0.1) is 11.7 Å². The van der Waals surface area contributed by atoms with Crippen molar-refractivity contribution in [2.75, 3.05) is 33.3 Å². The van der Waals surface area contributed by atoms with Gasteiger partial charge in [0.15, 0.2) is 0 Å². The molecule has 0 bridgehead atoms. The van der Waals surface area contributed by atoms with Gasteiger partial charge in [-0.2, -0.15) is 0 Å². The molecule has 0 radical (unpaired) electrons. The van der Waals surface area contributed by atoms with E-state index in [1.165, 1.54) is 0 Å². The number of rotatable bonds is 2. The van der Waals surface area contributed by atoms with Crippen molar-refractivity contribution in [2.45, 2.75) is 18.6 Å². The van der Waals surface area contributed by atoms with Crippen LogP contribution in [0.3, 0.4) is 0 Å². The average Bonchev–Trinajstić information content (AvgIpc) is 1.81. The van der Waals surface area contributed by atoms with Crippen LogP contribution in [0.15, 0.2) is 0 Å². The molecule has 0 aliphatic carbocycles. The first-order chi connectivity index (χ1) is 5.61. The highest BCUT2D eigenvalue weighted by atomic mass is 35.5. The molecule has 2 aliphatic rings. The second-order valence-electron chi connectivity index (χ2n) is 4.05. The van der Waals surface area contributed by atoms with Gasteiger partial charge in [-0.15, -0.1) is 12.4 Å². The Labute approximate surface area is 84.8 Å². The third-order valence-electron chi connectivity index (χ3n) is 2.61. The van der Waals surface area contributed by atoms with Crippen molar-refractivity contribution < 1.29 is 9.84 Å². The molecule has 0 saturated carbocycles. The standard InChI is InChI=1S/C8H16N2O2.ClH/c1-8(11)5-10(6-8)9-3-7(4-9)12-2;/h7,11H,3-6H2,1-2H3;1H. The van der Waals surface area contributed by atoms with Crippen LogP contribution in [0.1, 0.15) is 6.92 Å². The van der Waals surface area contributed by atoms with Gasteiger partial charge in [0.1, 0.15) is 0 Å². The number of hydrogen-bond donors (Lipinski definition) is 1. The van der Waals surface area contributed by atoms with Crippen LogP contribution < -0.4 is 0 Å². The lowest BCUT2D eigenvalue weighted by atomic mass is 9.98. The van der Waals surface area contributed by atoms with Gasteiger partial charge in [0, 0.05) is 33.3 Å². The highest BCUT2D eigenvalue weighted by Gasteiger charge is 2.43. The van der Waals surface area contributed by atoms with Crippen LogP contribution in [0.2, 0.25) is 0 Å². The van der Waals surface area contributed by atoms with Crippen molar-refractivity contribution in [1.29, 1.82) is 0 Å². The number of halogens is 1. The second-order valence-corrected chi connectivity index (χ2v) is 4.05. The van der Waals surface area contributed by atoms with Gasteiger partial charge in [-0.25, -0.2) is 10.0 Å². The Hall–Kier alpha value is 0.130. The molecule has 2 heterocycles. The molecule has 2 rings (SSSR count). The molecule has 0 aromatic carbocycles. The first-order valence-electron chi connectivity index (χ1n) is 4.36. The fourth-order valence-electron chi connectivity index (χ4n) is 1.74. The van der Waals surface area contributed by atoms with Crippen LogP contribution in [0.25, 0.3) is 0 Å². The van der Waals surface area contributed by atoms with Gasteiger partial charge in [-0.3, -0.25) is 0 Å². The fourth-order valence-corrected chi connectivity index (χ4v) is 1.74. The third kappa shape index (κ3) is 2.14. The molecule has 2 aliphatic heterocycles. The van der Waals surface area contributed by atoms with Gasteiger partial charge in [0.2, 0.25) is 0 Å². The van der Waals surface area contributed by atoms with Gasteiger partial charge in [0.25, 0.3) is 0 Å². The van der Waals surface area contributed by atoms with E-state index in [0.29, 0.717) is 6.10 Å². The Morgan fingerprint density at radius 2 is 1.85 bits per heavy atom. The molecule has 2 saturated heterocycles. The average molecular weight is 209 g/mol. The van der Waals surface area contributed by atoms with Crippen LogP contribution in [0, 0.1) is 0 Å². The summed E-state index contributed by atoms with van der Waals surface area (Å²) in [5, 5.41) is 13.9. The molecule has 5 heteroatoms. The lowest BCUT2D eigenvalue weighted by Gasteiger charge is -2.54. The van der Waals surface area contributed by atoms with Crippen molar-refractivity contribution in [1.82, 2.24) is 10.0 Å². The topological polar surface area (TPSA) is 35.9 Å². The first-order valence-corrected chi connectivity index (χ1v) is 4.36. The largest absolute Gasteiger partial charge is 0.387 e. The van der Waals surface area contributed by atoms with Gasteiger partial charge >= 0.3 is 0 Å². The van der Waals surface area contributed by atoms with Crippen molar-refractivity contribution in [3.8, 4) is 0 Å². The predicted molar refractivity (Wildman–Crippen MR) is 51.8 cm³/mol. The number of nitrogens with zero attached hydrogens (tertiary/aromatic N) is 2. The predicted octanol–water partition coefficient (Wildman–Crippen LogP) is -0.280. The van der Waals surface area contributed by atoms with Crippen molar-refractivity contribution in [2.24, 2.45) is 0 Å². The van der Waals surface area contributed by atoms with Gasteiger partial charge in [-0.1, -0.05) is 0 Å². The molecule has 13 heavy (non-hydrogen) atoms. The SMILES string of the molecule is COC1CN(N2CC(C)(O)C2)C1.Cl. The fraction of sp³-hybridized carbons (Fsp3) is 1.00. The quantitative estimate of drug-likeness (QED) is 0.678. The molecule has 2 fully saturated rings. The van der Waals surface area contributed by atoms with Crippen LogP contribution in [0.5, 0.6) is 0 Å². The summed E-state index contributed by atoms with van der Waals surface area (Å²) in [6.07, 6.45) is 0.399. The molecule has 0 spiro atoms. The second kappa shape index (κ2) is 3.71. The molecule has 0 unspecified atom stereocenters. The van der Waals surface area contributed by atoms with E-state index in [0.717, 1.165) is 26.2 Å². The molecule has 78 valence electrons. The maximum Gasteiger partial charge on any atom is 0.0900 e. The summed E-state index contributed by atoms with van der Waals surface area (Å²) < 4.78 is 5.16. The number of β-amino-alcohol motifs (C(OH)–C–C–N with tert-alkyl or cyclic N) is 1. The summed E-state index contributed by atoms with van der Waals surface area (Å²) >= 11 is 0. The maximum atomic E-state index is 9.48. The Kier molecular flexibility index (Phi) is 3.20. The van der Waals surface area contributed by atoms with E-state index in [-0.39, 0.29) is 12.4 Å². The normalized spacial score (nSPS) is 28.8. The van der Waals surface area contributed by atoms with E-state index in [1.807, 2.05) is 6.92 Å². The number of ether oxygens (including phenoxy) is 1. The lowest BCUT2D eigenvalue weighted by Crippen LogP contribution is -2.71. The zero-order valence-corrected chi connectivity index (χ0v) is 8.88. The van der Waals surface area contributed by atoms with Crippen molar-refractivity contribution >= 4 is 12.4 Å². The molecule has 4 nitrogen and oxygen atoms in total. The maximum absolute atomic E-state index is 9.48. The van der Waals surface area contributed by atoms with Crippen LogP contribution in [0.4, 0.5) is 0 Å². The first kappa shape index (κ1) is 11.2. The van der Waals surface area contributed by atoms with E-state index < -0.39 is 5.60 Å². The number of hydrazine groups is 1. The van der Waals surface area contributed by atoms with Crippen molar-refractivity contribution in [3.05, 3.63) is 0 Å². The number of aliphatic hydroxyl groups is 1. The highest BCUT2D eigenvalue weighted by Crippen LogP contribution is 2.25. The van der Waals surface area contributed by atoms with E-state index in [9.17, 15) is 5.11 Å². The molecule has 1 N–H and O–H groups in total. The lowest BCUT2D eigenvalue weighted by molar-refractivity contribution is -0.233. The van der Waals surface area contributed by atoms with E-state index in [4.69, 9.17) is 4.74 Å². The van der Waals surface area contributed by atoms with Gasteiger partial charge < -0.3 is 9.84 Å². The van der Waals surface area contributed by atoms with Crippen LogP contribution >= 0.6 is 12.4 Å². The molecule has 0 atom stereocenters. The Morgan fingerprint density at radius 3 is 2.23 bits per heavy atom. The summed E-state index contributed by atoms with van der Waals surface area (Å²) in [6, 6.07) is 0. The summed E-state index contributed by atoms with van der Waals surface area (Å²) in [5.41, 5.74) is -0.460.